The van der Waals surface area contributed by atoms with E-state index in [1.54, 1.807) is 6.20 Å². The predicted molar refractivity (Wildman–Crippen MR) is 156 cm³/mol. The van der Waals surface area contributed by atoms with Crippen molar-refractivity contribution in [1.82, 2.24) is 15.0 Å². The summed E-state index contributed by atoms with van der Waals surface area (Å²) in [7, 11) is 0. The van der Waals surface area contributed by atoms with E-state index in [0.29, 0.717) is 19.0 Å². The van der Waals surface area contributed by atoms with Gasteiger partial charge in [-0.05, 0) is 56.2 Å². The Morgan fingerprint density at radius 1 is 1.07 bits per heavy atom. The summed E-state index contributed by atoms with van der Waals surface area (Å²) in [6.07, 6.45) is 5.86. The molecule has 3 aromatic rings. The van der Waals surface area contributed by atoms with Crippen LogP contribution < -0.4 is 20.1 Å². The molecule has 3 N–H and O–H groups in total. The number of amidine groups is 1. The van der Waals surface area contributed by atoms with E-state index in [1.165, 1.54) is 0 Å². The van der Waals surface area contributed by atoms with E-state index < -0.39 is 5.97 Å². The van der Waals surface area contributed by atoms with E-state index in [9.17, 15) is 4.79 Å². The number of nitrogens with one attached hydrogen (secondary N) is 2. The molecule has 10 heteroatoms. The molecule has 1 fully saturated rings. The van der Waals surface area contributed by atoms with Crippen LogP contribution in [-0.4, -0.2) is 70.8 Å². The van der Waals surface area contributed by atoms with Crippen molar-refractivity contribution >= 4 is 23.3 Å². The van der Waals surface area contributed by atoms with Crippen LogP contribution in [0, 0.1) is 0 Å². The third-order valence-electron chi connectivity index (χ3n) is 6.59. The van der Waals surface area contributed by atoms with Gasteiger partial charge in [-0.15, -0.1) is 0 Å². The van der Waals surface area contributed by atoms with Gasteiger partial charge < -0.3 is 30.2 Å². The summed E-state index contributed by atoms with van der Waals surface area (Å²) in [4.78, 5) is 20.1. The second-order valence-corrected chi connectivity index (χ2v) is 9.50. The molecule has 1 aromatic heterocycles. The average molecular weight is 543 g/mol. The molecule has 0 bridgehead atoms. The molecule has 0 saturated carbocycles. The van der Waals surface area contributed by atoms with Crippen molar-refractivity contribution in [3.63, 3.8) is 0 Å². The van der Waals surface area contributed by atoms with Crippen LogP contribution in [0.2, 0.25) is 0 Å². The fourth-order valence-corrected chi connectivity index (χ4v) is 4.71. The normalized spacial score (nSPS) is 17.2. The van der Waals surface area contributed by atoms with Gasteiger partial charge in [0.2, 0.25) is 0 Å². The quantitative estimate of drug-likeness (QED) is 0.336. The first kappa shape index (κ1) is 27.0. The van der Waals surface area contributed by atoms with Crippen molar-refractivity contribution in [2.45, 2.75) is 25.9 Å². The van der Waals surface area contributed by atoms with Crippen LogP contribution in [0.5, 0.6) is 11.5 Å². The first-order valence-electron chi connectivity index (χ1n) is 13.5. The number of aliphatic carboxylic acids is 1. The molecule has 40 heavy (non-hydrogen) atoms. The lowest BCUT2D eigenvalue weighted by Crippen LogP contribution is -2.51. The molecule has 10 nitrogen and oxygen atoms in total. The molecule has 2 aliphatic rings. The standard InChI is InChI=1S/C30H34N6O4/c1-2-39-26-9-3-4-10-27(26)40-24-7-6-17-35(20-24)36-18-16-31-29(21-36)34-28-11-5-8-25(33-28)22-12-14-23(15-13-22)32-19-30(37)38/h3-5,8-16,18,24,32H,2,6-7,17,19-21H2,1H3,(H,37,38)(H,31,33,34)/t24-/m1/s1. The summed E-state index contributed by atoms with van der Waals surface area (Å²) in [6, 6.07) is 21.2. The molecule has 0 spiro atoms. The van der Waals surface area contributed by atoms with Crippen LogP contribution in [0.25, 0.3) is 11.3 Å². The number of carbonyl (C=O) groups is 1. The molecule has 0 aliphatic carbocycles. The number of ether oxygens (including phenoxy) is 2. The number of carboxylic acids is 1. The molecular formula is C30H34N6O4. The molecule has 1 saturated heterocycles. The van der Waals surface area contributed by atoms with Crippen LogP contribution in [0.3, 0.4) is 0 Å². The number of pyridine rings is 1. The summed E-state index contributed by atoms with van der Waals surface area (Å²) < 4.78 is 12.1. The van der Waals surface area contributed by atoms with Gasteiger partial charge in [-0.2, -0.15) is 0 Å². The van der Waals surface area contributed by atoms with E-state index in [0.717, 1.165) is 60.2 Å². The highest BCUT2D eigenvalue weighted by atomic mass is 16.5. The van der Waals surface area contributed by atoms with E-state index in [-0.39, 0.29) is 12.6 Å². The summed E-state index contributed by atoms with van der Waals surface area (Å²) in [5, 5.41) is 19.6. The fourth-order valence-electron chi connectivity index (χ4n) is 4.71. The Balaban J connectivity index is 1.18. The van der Waals surface area contributed by atoms with Gasteiger partial charge in [-0.1, -0.05) is 30.3 Å². The smallest absolute Gasteiger partial charge is 0.322 e. The third kappa shape index (κ3) is 7.09. The van der Waals surface area contributed by atoms with Crippen molar-refractivity contribution in [3.8, 4) is 22.8 Å². The predicted octanol–water partition coefficient (Wildman–Crippen LogP) is 4.70. The van der Waals surface area contributed by atoms with Crippen molar-refractivity contribution in [3.05, 3.63) is 79.1 Å². The van der Waals surface area contributed by atoms with Crippen LogP contribution in [0.1, 0.15) is 19.8 Å². The number of nitrogens with zero attached hydrogens (tertiary/aromatic N) is 4. The fraction of sp³-hybridized carbons (Fsp3) is 0.300. The topological polar surface area (TPSA) is 112 Å². The molecule has 0 unspecified atom stereocenters. The Hall–Kier alpha value is -4.57. The zero-order chi connectivity index (χ0) is 27.7. The van der Waals surface area contributed by atoms with Crippen molar-refractivity contribution in [1.29, 1.82) is 0 Å². The third-order valence-corrected chi connectivity index (χ3v) is 6.59. The number of hydrogen-bond acceptors (Lipinski definition) is 9. The first-order chi connectivity index (χ1) is 19.6. The average Bonchev–Trinajstić information content (AvgIpc) is 2.98. The lowest BCUT2D eigenvalue weighted by Gasteiger charge is -2.40. The van der Waals surface area contributed by atoms with Gasteiger partial charge >= 0.3 is 5.97 Å². The Kier molecular flexibility index (Phi) is 8.77. The van der Waals surface area contributed by atoms with Gasteiger partial charge in [-0.25, -0.2) is 15.0 Å². The number of aromatic nitrogens is 1. The molecule has 3 heterocycles. The van der Waals surface area contributed by atoms with Gasteiger partial charge in [0, 0.05) is 30.2 Å². The molecular weight excluding hydrogens is 508 g/mol. The number of para-hydroxylation sites is 2. The second-order valence-electron chi connectivity index (χ2n) is 9.50. The second kappa shape index (κ2) is 13.0. The highest BCUT2D eigenvalue weighted by Gasteiger charge is 2.26. The van der Waals surface area contributed by atoms with Crippen molar-refractivity contribution in [2.24, 2.45) is 4.99 Å². The molecule has 0 radical (unpaired) electrons. The highest BCUT2D eigenvalue weighted by molar-refractivity contribution is 5.97. The Morgan fingerprint density at radius 2 is 1.90 bits per heavy atom. The molecule has 0 amide bonds. The van der Waals surface area contributed by atoms with Gasteiger partial charge in [-0.3, -0.25) is 4.79 Å². The maximum absolute atomic E-state index is 10.8. The summed E-state index contributed by atoms with van der Waals surface area (Å²) in [5.41, 5.74) is 2.48. The highest BCUT2D eigenvalue weighted by Crippen LogP contribution is 2.29. The lowest BCUT2D eigenvalue weighted by molar-refractivity contribution is -0.134. The Labute approximate surface area is 233 Å². The first-order valence-corrected chi connectivity index (χ1v) is 13.5. The number of hydrazine groups is 1. The van der Waals surface area contributed by atoms with Crippen LogP contribution in [0.15, 0.2) is 84.1 Å². The number of anilines is 2. The van der Waals surface area contributed by atoms with E-state index in [2.05, 4.69) is 25.6 Å². The number of hydrogen-bond donors (Lipinski definition) is 3. The minimum absolute atomic E-state index is 0.0584. The van der Waals surface area contributed by atoms with E-state index in [4.69, 9.17) is 19.6 Å². The van der Waals surface area contributed by atoms with Gasteiger partial charge in [0.05, 0.1) is 25.4 Å². The minimum atomic E-state index is -0.903. The molecule has 208 valence electrons. The number of piperidine rings is 1. The van der Waals surface area contributed by atoms with Crippen molar-refractivity contribution < 1.29 is 19.4 Å². The van der Waals surface area contributed by atoms with Crippen LogP contribution in [-0.2, 0) is 4.79 Å². The summed E-state index contributed by atoms with van der Waals surface area (Å²) in [5.74, 6) is 2.16. The number of benzene rings is 2. The zero-order valence-electron chi connectivity index (χ0n) is 22.5. The molecule has 5 rings (SSSR count). The Morgan fingerprint density at radius 3 is 2.70 bits per heavy atom. The maximum Gasteiger partial charge on any atom is 0.322 e. The number of aliphatic imine (C=N–C) groups is 1. The molecule has 2 aromatic carbocycles. The summed E-state index contributed by atoms with van der Waals surface area (Å²) in [6.45, 7) is 4.74. The Bertz CT molecular complexity index is 1360. The zero-order valence-corrected chi connectivity index (χ0v) is 22.5. The van der Waals surface area contributed by atoms with Crippen LogP contribution >= 0.6 is 0 Å². The minimum Gasteiger partial charge on any atom is -0.490 e. The van der Waals surface area contributed by atoms with E-state index in [1.807, 2.05) is 79.9 Å². The largest absolute Gasteiger partial charge is 0.490 e. The number of rotatable bonds is 10. The summed E-state index contributed by atoms with van der Waals surface area (Å²) >= 11 is 0. The van der Waals surface area contributed by atoms with Crippen LogP contribution in [0.4, 0.5) is 11.5 Å². The SMILES string of the molecule is CCOc1ccccc1O[C@@H]1CCCN(N2C=CN=C(Nc3cccc(-c4ccc(NCC(=O)O)cc4)n3)C2)C1. The van der Waals surface area contributed by atoms with Crippen molar-refractivity contribution in [2.75, 3.05) is 43.4 Å². The monoisotopic (exact) mass is 542 g/mol. The van der Waals surface area contributed by atoms with Gasteiger partial charge in [0.15, 0.2) is 11.5 Å². The number of carboxylic acid groups (broad SMARTS) is 1. The van der Waals surface area contributed by atoms with Gasteiger partial charge in [0.1, 0.15) is 24.3 Å². The maximum atomic E-state index is 10.8. The molecule has 1 atom stereocenters. The molecule has 2 aliphatic heterocycles. The van der Waals surface area contributed by atoms with E-state index >= 15 is 0 Å². The van der Waals surface area contributed by atoms with Gasteiger partial charge in [0.25, 0.3) is 0 Å². The lowest BCUT2D eigenvalue weighted by atomic mass is 10.1.